The summed E-state index contributed by atoms with van der Waals surface area (Å²) in [5.41, 5.74) is 1.92. The number of aromatic nitrogens is 2. The van der Waals surface area contributed by atoms with Crippen LogP contribution in [0.5, 0.6) is 11.5 Å². The van der Waals surface area contributed by atoms with Crippen LogP contribution in [-0.2, 0) is 0 Å². The Morgan fingerprint density at radius 1 is 1.40 bits per heavy atom. The highest BCUT2D eigenvalue weighted by Crippen LogP contribution is 2.34. The molecule has 0 atom stereocenters. The Morgan fingerprint density at radius 3 is 2.88 bits per heavy atom. The van der Waals surface area contributed by atoms with E-state index in [0.29, 0.717) is 26.7 Å². The van der Waals surface area contributed by atoms with Crippen molar-refractivity contribution in [3.63, 3.8) is 0 Å². The molecule has 0 amide bonds. The quantitative estimate of drug-likeness (QED) is 0.655. The van der Waals surface area contributed by atoms with E-state index in [2.05, 4.69) is 25.9 Å². The van der Waals surface area contributed by atoms with Gasteiger partial charge >= 0.3 is 0 Å². The highest BCUT2D eigenvalue weighted by molar-refractivity contribution is 9.10. The summed E-state index contributed by atoms with van der Waals surface area (Å²) >= 11 is 9.74. The lowest BCUT2D eigenvalue weighted by Crippen LogP contribution is -2.11. The lowest BCUT2D eigenvalue weighted by molar-refractivity contribution is 0.373. The minimum absolute atomic E-state index is 0.00973. The molecule has 0 radical (unpaired) electrons. The van der Waals surface area contributed by atoms with Crippen LogP contribution in [0.3, 0.4) is 0 Å². The van der Waals surface area contributed by atoms with Crippen molar-refractivity contribution in [3.8, 4) is 11.5 Å². The number of phenols is 1. The normalized spacial score (nSPS) is 11.8. The average molecular weight is 422 g/mol. The molecule has 1 aromatic heterocycles. The number of H-pyrrole nitrogens is 1. The van der Waals surface area contributed by atoms with Gasteiger partial charge in [-0.1, -0.05) is 39.7 Å². The molecule has 25 heavy (non-hydrogen) atoms. The summed E-state index contributed by atoms with van der Waals surface area (Å²) in [5.74, 6) is 0.595. The molecule has 128 valence electrons. The van der Waals surface area contributed by atoms with Crippen LogP contribution in [-0.4, -0.2) is 22.2 Å². The van der Waals surface area contributed by atoms with Gasteiger partial charge in [0, 0.05) is 4.47 Å². The molecule has 0 unspecified atom stereocenters. The van der Waals surface area contributed by atoms with E-state index >= 15 is 0 Å². The highest BCUT2D eigenvalue weighted by Gasteiger charge is 2.11. The highest BCUT2D eigenvalue weighted by atomic mass is 79.9. The van der Waals surface area contributed by atoms with Crippen molar-refractivity contribution in [1.82, 2.24) is 9.97 Å². The monoisotopic (exact) mass is 420 g/mol. The van der Waals surface area contributed by atoms with Gasteiger partial charge in [0.15, 0.2) is 17.3 Å². The van der Waals surface area contributed by atoms with Crippen LogP contribution in [0.4, 0.5) is 0 Å². The number of nitrogens with zero attached hydrogens (tertiary/aromatic N) is 1. The van der Waals surface area contributed by atoms with Gasteiger partial charge in [0.1, 0.15) is 0 Å². The first kappa shape index (κ1) is 17.5. The molecular weight excluding hydrogens is 408 g/mol. The number of aromatic hydroxyl groups is 1. The average Bonchev–Trinajstić information content (AvgIpc) is 2.58. The number of para-hydroxylation sites is 1. The van der Waals surface area contributed by atoms with E-state index in [4.69, 9.17) is 16.3 Å². The number of nitrogens with one attached hydrogen (secondary N) is 1. The third kappa shape index (κ3) is 3.41. The minimum atomic E-state index is -0.252. The molecule has 0 aliphatic heterocycles. The predicted molar refractivity (Wildman–Crippen MR) is 103 cm³/mol. The maximum atomic E-state index is 12.3. The number of hydrogen-bond donors (Lipinski definition) is 2. The number of phenolic OH excluding ortho intramolecular Hbond substituents is 1. The summed E-state index contributed by atoms with van der Waals surface area (Å²) in [6, 6.07) is 8.56. The second-order valence-corrected chi connectivity index (χ2v) is 6.68. The van der Waals surface area contributed by atoms with Crippen molar-refractivity contribution in [1.29, 1.82) is 0 Å². The van der Waals surface area contributed by atoms with Crippen LogP contribution in [0.2, 0.25) is 0 Å². The number of aryl methyl sites for hydroxylation is 1. The van der Waals surface area contributed by atoms with E-state index in [-0.39, 0.29) is 22.2 Å². The SMILES string of the molecule is COc1cc(C=C(Cl)c2nc3c(C)cccc3c(=O)[nH]2)c(Br)cc1O. The lowest BCUT2D eigenvalue weighted by Gasteiger charge is -2.08. The van der Waals surface area contributed by atoms with Gasteiger partial charge in [-0.25, -0.2) is 4.98 Å². The van der Waals surface area contributed by atoms with Crippen molar-refractivity contribution in [3.05, 3.63) is 62.1 Å². The molecular formula is C18H14BrClN2O3. The molecule has 5 nitrogen and oxygen atoms in total. The number of aromatic amines is 1. The van der Waals surface area contributed by atoms with Crippen molar-refractivity contribution >= 4 is 49.5 Å². The van der Waals surface area contributed by atoms with Gasteiger partial charge in [0.25, 0.3) is 5.56 Å². The van der Waals surface area contributed by atoms with E-state index in [1.165, 1.54) is 13.2 Å². The predicted octanol–water partition coefficient (Wildman–Crippen LogP) is 4.45. The van der Waals surface area contributed by atoms with Gasteiger partial charge in [0.05, 0.1) is 23.0 Å². The molecule has 7 heteroatoms. The van der Waals surface area contributed by atoms with Crippen molar-refractivity contribution in [2.24, 2.45) is 0 Å². The molecule has 0 aliphatic rings. The number of fused-ring (bicyclic) bond motifs is 1. The van der Waals surface area contributed by atoms with E-state index in [1.807, 2.05) is 19.1 Å². The summed E-state index contributed by atoms with van der Waals surface area (Å²) in [6.45, 7) is 1.89. The zero-order valence-corrected chi connectivity index (χ0v) is 15.8. The molecule has 0 bridgehead atoms. The molecule has 3 aromatic rings. The second kappa shape index (κ2) is 6.90. The van der Waals surface area contributed by atoms with E-state index < -0.39 is 0 Å². The van der Waals surface area contributed by atoms with Gasteiger partial charge in [0.2, 0.25) is 0 Å². The first-order valence-corrected chi connectivity index (χ1v) is 8.51. The zero-order valence-electron chi connectivity index (χ0n) is 13.4. The fraction of sp³-hybridized carbons (Fsp3) is 0.111. The molecule has 3 rings (SSSR count). The minimum Gasteiger partial charge on any atom is -0.504 e. The van der Waals surface area contributed by atoms with Crippen LogP contribution in [0.1, 0.15) is 17.0 Å². The third-order valence-corrected chi connectivity index (χ3v) is 4.72. The largest absolute Gasteiger partial charge is 0.504 e. The third-order valence-electron chi connectivity index (χ3n) is 3.74. The Hall–Kier alpha value is -2.31. The number of halogens is 2. The van der Waals surface area contributed by atoms with E-state index in [9.17, 15) is 9.90 Å². The number of rotatable bonds is 3. The van der Waals surface area contributed by atoms with Gasteiger partial charge < -0.3 is 14.8 Å². The maximum absolute atomic E-state index is 12.3. The van der Waals surface area contributed by atoms with Gasteiger partial charge in [-0.05, 0) is 42.3 Å². The van der Waals surface area contributed by atoms with Gasteiger partial charge in [-0.2, -0.15) is 0 Å². The Balaban J connectivity index is 2.14. The van der Waals surface area contributed by atoms with Crippen molar-refractivity contribution < 1.29 is 9.84 Å². The van der Waals surface area contributed by atoms with E-state index in [0.717, 1.165) is 5.56 Å². The molecule has 0 saturated carbocycles. The number of hydrogen-bond acceptors (Lipinski definition) is 4. The molecule has 0 fully saturated rings. The number of benzene rings is 2. The summed E-state index contributed by atoms with van der Waals surface area (Å²) < 4.78 is 5.73. The van der Waals surface area contributed by atoms with Crippen molar-refractivity contribution in [2.75, 3.05) is 7.11 Å². The maximum Gasteiger partial charge on any atom is 0.259 e. The molecule has 2 aromatic carbocycles. The Bertz CT molecular complexity index is 1060. The smallest absolute Gasteiger partial charge is 0.259 e. The molecule has 0 spiro atoms. The molecule has 1 heterocycles. The summed E-state index contributed by atoms with van der Waals surface area (Å²) in [5, 5.41) is 10.6. The summed E-state index contributed by atoms with van der Waals surface area (Å²) in [7, 11) is 1.46. The Morgan fingerprint density at radius 2 is 2.16 bits per heavy atom. The van der Waals surface area contributed by atoms with Gasteiger partial charge in [-0.3, -0.25) is 4.79 Å². The van der Waals surface area contributed by atoms with Crippen LogP contribution < -0.4 is 10.3 Å². The first-order chi connectivity index (χ1) is 11.9. The Labute approximate surface area is 157 Å². The number of methoxy groups -OCH3 is 1. The second-order valence-electron chi connectivity index (χ2n) is 5.42. The standard InChI is InChI=1S/C18H14BrClN2O3/c1-9-4-3-5-11-16(9)21-17(22-18(11)24)13(20)6-10-7-15(25-2)14(23)8-12(10)19/h3-8,23H,1-2H3,(H,21,22,24). The van der Waals surface area contributed by atoms with Gasteiger partial charge in [-0.15, -0.1) is 0 Å². The first-order valence-electron chi connectivity index (χ1n) is 7.34. The zero-order chi connectivity index (χ0) is 18.1. The molecule has 2 N–H and O–H groups in total. The number of ether oxygens (including phenoxy) is 1. The van der Waals surface area contributed by atoms with Crippen LogP contribution in [0.25, 0.3) is 22.0 Å². The summed E-state index contributed by atoms with van der Waals surface area (Å²) in [6.07, 6.45) is 1.63. The Kier molecular flexibility index (Phi) is 4.83. The van der Waals surface area contributed by atoms with Crippen LogP contribution in [0.15, 0.2) is 39.6 Å². The van der Waals surface area contributed by atoms with Crippen LogP contribution >= 0.6 is 27.5 Å². The topological polar surface area (TPSA) is 75.2 Å². The fourth-order valence-corrected chi connectivity index (χ4v) is 3.11. The van der Waals surface area contributed by atoms with Crippen molar-refractivity contribution in [2.45, 2.75) is 6.92 Å². The van der Waals surface area contributed by atoms with E-state index in [1.54, 1.807) is 18.2 Å². The molecule has 0 aliphatic carbocycles. The fourth-order valence-electron chi connectivity index (χ4n) is 2.46. The molecule has 0 saturated heterocycles. The van der Waals surface area contributed by atoms with Crippen LogP contribution in [0, 0.1) is 6.92 Å². The lowest BCUT2D eigenvalue weighted by atomic mass is 10.1. The summed E-state index contributed by atoms with van der Waals surface area (Å²) in [4.78, 5) is 19.4.